The van der Waals surface area contributed by atoms with Crippen LogP contribution in [0.25, 0.3) is 0 Å². The largest absolute Gasteiger partial charge is 0.333 e. The Morgan fingerprint density at radius 1 is 1.44 bits per heavy atom. The third-order valence-corrected chi connectivity index (χ3v) is 3.92. The molecule has 2 aromatic rings. The lowest BCUT2D eigenvalue weighted by Crippen LogP contribution is -2.51. The predicted octanol–water partition coefficient (Wildman–Crippen LogP) is 1.65. The molecule has 1 saturated heterocycles. The molecule has 0 bridgehead atoms. The van der Waals surface area contributed by atoms with E-state index in [4.69, 9.17) is 0 Å². The number of aryl methyl sites for hydroxylation is 2. The highest BCUT2D eigenvalue weighted by atomic mass is 32.1. The minimum atomic E-state index is 0.0790. The molecule has 0 aromatic carbocycles. The van der Waals surface area contributed by atoms with Gasteiger partial charge in [0.25, 0.3) is 5.91 Å². The van der Waals surface area contributed by atoms with Crippen molar-refractivity contribution in [3.63, 3.8) is 0 Å². The van der Waals surface area contributed by atoms with Gasteiger partial charge in [0.1, 0.15) is 4.88 Å². The van der Waals surface area contributed by atoms with Crippen molar-refractivity contribution < 1.29 is 4.79 Å². The first-order valence-corrected chi connectivity index (χ1v) is 6.65. The molecule has 0 radical (unpaired) electrons. The Balaban J connectivity index is 1.67. The van der Waals surface area contributed by atoms with Gasteiger partial charge in [-0.1, -0.05) is 0 Å². The summed E-state index contributed by atoms with van der Waals surface area (Å²) in [5.41, 5.74) is 2.18. The molecule has 6 heteroatoms. The monoisotopic (exact) mass is 262 g/mol. The lowest BCUT2D eigenvalue weighted by Gasteiger charge is -2.39. The van der Waals surface area contributed by atoms with Crippen LogP contribution in [0.1, 0.15) is 27.1 Å². The summed E-state index contributed by atoms with van der Waals surface area (Å²) < 4.78 is 5.97. The summed E-state index contributed by atoms with van der Waals surface area (Å²) in [7, 11) is 0. The predicted molar refractivity (Wildman–Crippen MR) is 68.8 cm³/mol. The molecule has 1 aliphatic heterocycles. The van der Waals surface area contributed by atoms with E-state index in [0.29, 0.717) is 10.9 Å². The van der Waals surface area contributed by atoms with E-state index in [1.807, 2.05) is 23.4 Å². The minimum Gasteiger partial charge on any atom is -0.333 e. The Morgan fingerprint density at radius 3 is 2.78 bits per heavy atom. The lowest BCUT2D eigenvalue weighted by molar-refractivity contribution is 0.0502. The summed E-state index contributed by atoms with van der Waals surface area (Å²) in [6.45, 7) is 5.51. The van der Waals surface area contributed by atoms with Crippen LogP contribution in [-0.2, 0) is 0 Å². The van der Waals surface area contributed by atoms with Crippen LogP contribution < -0.4 is 0 Å². The van der Waals surface area contributed by atoms with Crippen molar-refractivity contribution in [3.05, 3.63) is 34.6 Å². The molecule has 3 rings (SSSR count). The Morgan fingerprint density at radius 2 is 2.22 bits per heavy atom. The van der Waals surface area contributed by atoms with Crippen LogP contribution in [-0.4, -0.2) is 38.1 Å². The van der Waals surface area contributed by atoms with Crippen molar-refractivity contribution in [2.45, 2.75) is 19.9 Å². The number of likely N-dealkylation sites (tertiary alicyclic amines) is 1. The van der Waals surface area contributed by atoms with Gasteiger partial charge in [0, 0.05) is 25.0 Å². The highest BCUT2D eigenvalue weighted by molar-refractivity contribution is 7.08. The molecule has 1 aliphatic rings. The van der Waals surface area contributed by atoms with E-state index in [2.05, 4.69) is 15.5 Å². The molecule has 5 nitrogen and oxygen atoms in total. The average Bonchev–Trinajstić information content (AvgIpc) is 2.86. The van der Waals surface area contributed by atoms with Gasteiger partial charge in [0.05, 0.1) is 11.7 Å². The van der Waals surface area contributed by atoms with E-state index >= 15 is 0 Å². The molecule has 2 aromatic heterocycles. The standard InChI is InChI=1S/C12H14N4OS/c1-8-5-9(2)16(14-8)10-6-15(7-10)12(17)11-3-4-13-18-11/h3-5,10H,6-7H2,1-2H3. The highest BCUT2D eigenvalue weighted by Crippen LogP contribution is 2.25. The molecule has 0 unspecified atom stereocenters. The maximum absolute atomic E-state index is 12.0. The van der Waals surface area contributed by atoms with E-state index in [1.54, 1.807) is 12.3 Å². The first-order chi connectivity index (χ1) is 8.65. The summed E-state index contributed by atoms with van der Waals surface area (Å²) >= 11 is 1.25. The third-order valence-electron chi connectivity index (χ3n) is 3.19. The van der Waals surface area contributed by atoms with E-state index < -0.39 is 0 Å². The molecule has 1 amide bonds. The Bertz CT molecular complexity index is 569. The molecule has 18 heavy (non-hydrogen) atoms. The quantitative estimate of drug-likeness (QED) is 0.827. The molecule has 0 N–H and O–H groups in total. The molecule has 0 atom stereocenters. The summed E-state index contributed by atoms with van der Waals surface area (Å²) in [6.07, 6.45) is 1.66. The zero-order valence-corrected chi connectivity index (χ0v) is 11.1. The van der Waals surface area contributed by atoms with Crippen LogP contribution in [0.5, 0.6) is 0 Å². The zero-order valence-electron chi connectivity index (χ0n) is 10.3. The maximum atomic E-state index is 12.0. The zero-order chi connectivity index (χ0) is 12.7. The van der Waals surface area contributed by atoms with Crippen LogP contribution in [0.3, 0.4) is 0 Å². The van der Waals surface area contributed by atoms with Gasteiger partial charge in [0.2, 0.25) is 0 Å². The molecule has 0 spiro atoms. The number of carbonyl (C=O) groups is 1. The molecular weight excluding hydrogens is 248 g/mol. The lowest BCUT2D eigenvalue weighted by atomic mass is 10.1. The molecular formula is C12H14N4OS. The highest BCUT2D eigenvalue weighted by Gasteiger charge is 2.34. The normalized spacial score (nSPS) is 15.8. The smallest absolute Gasteiger partial charge is 0.265 e. The molecule has 0 aliphatic carbocycles. The molecule has 94 valence electrons. The fourth-order valence-electron chi connectivity index (χ4n) is 2.27. The number of hydrogen-bond acceptors (Lipinski definition) is 4. The van der Waals surface area contributed by atoms with E-state index in [0.717, 1.165) is 24.5 Å². The summed E-state index contributed by atoms with van der Waals surface area (Å²) in [5.74, 6) is 0.0790. The van der Waals surface area contributed by atoms with Gasteiger partial charge in [-0.25, -0.2) is 4.37 Å². The SMILES string of the molecule is Cc1cc(C)n(C2CN(C(=O)c3ccns3)C2)n1. The van der Waals surface area contributed by atoms with Crippen molar-refractivity contribution in [3.8, 4) is 0 Å². The summed E-state index contributed by atoms with van der Waals surface area (Å²) in [6, 6.07) is 4.15. The van der Waals surface area contributed by atoms with Gasteiger partial charge in [0.15, 0.2) is 0 Å². The van der Waals surface area contributed by atoms with E-state index in [9.17, 15) is 4.79 Å². The van der Waals surface area contributed by atoms with Crippen LogP contribution in [0, 0.1) is 13.8 Å². The summed E-state index contributed by atoms with van der Waals surface area (Å²) in [4.78, 5) is 14.6. The van der Waals surface area contributed by atoms with Gasteiger partial charge < -0.3 is 4.90 Å². The Hall–Kier alpha value is -1.69. The molecule has 1 fully saturated rings. The van der Waals surface area contributed by atoms with Crippen LogP contribution in [0.2, 0.25) is 0 Å². The fourth-order valence-corrected chi connectivity index (χ4v) is 2.84. The number of aromatic nitrogens is 3. The van der Waals surface area contributed by atoms with Crippen molar-refractivity contribution in [1.29, 1.82) is 0 Å². The number of nitrogens with zero attached hydrogens (tertiary/aromatic N) is 4. The first kappa shape index (κ1) is 11.4. The third kappa shape index (κ3) is 1.82. The van der Waals surface area contributed by atoms with Crippen molar-refractivity contribution in [2.24, 2.45) is 0 Å². The van der Waals surface area contributed by atoms with Crippen LogP contribution in [0.4, 0.5) is 0 Å². The van der Waals surface area contributed by atoms with E-state index in [-0.39, 0.29) is 5.91 Å². The van der Waals surface area contributed by atoms with Gasteiger partial charge in [-0.05, 0) is 37.5 Å². The maximum Gasteiger partial charge on any atom is 0.265 e. The Kier molecular flexibility index (Phi) is 2.66. The topological polar surface area (TPSA) is 51.0 Å². The van der Waals surface area contributed by atoms with Gasteiger partial charge in [-0.2, -0.15) is 5.10 Å². The first-order valence-electron chi connectivity index (χ1n) is 5.88. The van der Waals surface area contributed by atoms with Gasteiger partial charge in [-0.15, -0.1) is 0 Å². The minimum absolute atomic E-state index is 0.0790. The van der Waals surface area contributed by atoms with Crippen molar-refractivity contribution in [1.82, 2.24) is 19.1 Å². The van der Waals surface area contributed by atoms with Crippen molar-refractivity contribution in [2.75, 3.05) is 13.1 Å². The van der Waals surface area contributed by atoms with Crippen molar-refractivity contribution >= 4 is 17.4 Å². The van der Waals surface area contributed by atoms with Crippen LogP contribution >= 0.6 is 11.5 Å². The Labute approximate surface area is 109 Å². The number of amides is 1. The number of carbonyl (C=O) groups excluding carboxylic acids is 1. The number of hydrogen-bond donors (Lipinski definition) is 0. The summed E-state index contributed by atoms with van der Waals surface area (Å²) in [5, 5.41) is 4.46. The second-order valence-electron chi connectivity index (χ2n) is 4.61. The van der Waals surface area contributed by atoms with Crippen LogP contribution in [0.15, 0.2) is 18.3 Å². The van der Waals surface area contributed by atoms with Gasteiger partial charge >= 0.3 is 0 Å². The second-order valence-corrected chi connectivity index (χ2v) is 5.45. The number of rotatable bonds is 2. The fraction of sp³-hybridized carbons (Fsp3) is 0.417. The van der Waals surface area contributed by atoms with Gasteiger partial charge in [-0.3, -0.25) is 9.48 Å². The second kappa shape index (κ2) is 4.20. The molecule has 0 saturated carbocycles. The molecule has 3 heterocycles. The van der Waals surface area contributed by atoms with E-state index in [1.165, 1.54) is 11.5 Å². The average molecular weight is 262 g/mol.